The molecule has 2 rings (SSSR count). The highest BCUT2D eigenvalue weighted by atomic mass is 35.5. The maximum Gasteiger partial charge on any atom is 0.416 e. The van der Waals surface area contributed by atoms with E-state index in [-0.39, 0.29) is 30.2 Å². The topological polar surface area (TPSA) is 87.7 Å². The number of carbonyl (C=O) groups is 2. The summed E-state index contributed by atoms with van der Waals surface area (Å²) in [5.74, 6) is -1.60. The van der Waals surface area contributed by atoms with E-state index < -0.39 is 48.1 Å². The first-order valence-corrected chi connectivity index (χ1v) is 10.5. The lowest BCUT2D eigenvalue weighted by Gasteiger charge is -2.19. The van der Waals surface area contributed by atoms with Gasteiger partial charge in [-0.05, 0) is 36.2 Å². The molecule has 11 heteroatoms. The van der Waals surface area contributed by atoms with Crippen molar-refractivity contribution in [3.8, 4) is 5.75 Å². The van der Waals surface area contributed by atoms with E-state index in [4.69, 9.17) is 16.3 Å². The number of carbonyl (C=O) groups excluding carboxylic acids is 2. The summed E-state index contributed by atoms with van der Waals surface area (Å²) in [6.45, 7) is 3.03. The van der Waals surface area contributed by atoms with Crippen molar-refractivity contribution in [3.63, 3.8) is 0 Å². The largest absolute Gasteiger partial charge is 0.484 e. The third-order valence-corrected chi connectivity index (χ3v) is 4.91. The smallest absolute Gasteiger partial charge is 0.416 e. The van der Waals surface area contributed by atoms with Gasteiger partial charge in [-0.15, -0.1) is 6.58 Å². The van der Waals surface area contributed by atoms with Crippen LogP contribution in [0.2, 0.25) is 5.02 Å². The van der Waals surface area contributed by atoms with Crippen LogP contribution in [0.15, 0.2) is 55.1 Å². The average molecular weight is 503 g/mol. The number of hydrogen-bond acceptors (Lipinski definition) is 4. The number of hydrogen-bond donors (Lipinski definition) is 3. The molecule has 2 aromatic rings. The van der Waals surface area contributed by atoms with Gasteiger partial charge < -0.3 is 20.5 Å². The van der Waals surface area contributed by atoms with Gasteiger partial charge in [0.15, 0.2) is 6.61 Å². The predicted octanol–water partition coefficient (Wildman–Crippen LogP) is 3.66. The second-order valence-electron chi connectivity index (χ2n) is 7.34. The van der Waals surface area contributed by atoms with Crippen LogP contribution in [-0.2, 0) is 22.2 Å². The first-order chi connectivity index (χ1) is 16.0. The zero-order chi connectivity index (χ0) is 25.3. The van der Waals surface area contributed by atoms with Crippen LogP contribution in [0.4, 0.5) is 17.6 Å². The number of nitrogens with one attached hydrogen (secondary N) is 2. The van der Waals surface area contributed by atoms with Gasteiger partial charge in [-0.2, -0.15) is 13.2 Å². The molecule has 0 heterocycles. The first kappa shape index (κ1) is 27.1. The Kier molecular flexibility index (Phi) is 9.88. The number of rotatable bonds is 11. The zero-order valence-corrected chi connectivity index (χ0v) is 18.6. The molecule has 0 aromatic heterocycles. The SMILES string of the molecule is C=CC(CC(O)CNC(=O)Cc1ccc(C(F)(F)F)cc1)NC(=O)COc1ccc(Cl)c(F)c1. The Balaban J connectivity index is 1.73. The van der Waals surface area contributed by atoms with Gasteiger partial charge in [0.25, 0.3) is 5.91 Å². The average Bonchev–Trinajstić information content (AvgIpc) is 2.77. The highest BCUT2D eigenvalue weighted by Gasteiger charge is 2.30. The molecule has 6 nitrogen and oxygen atoms in total. The summed E-state index contributed by atoms with van der Waals surface area (Å²) < 4.78 is 56.3. The number of ether oxygens (including phenoxy) is 1. The summed E-state index contributed by atoms with van der Waals surface area (Å²) >= 11 is 5.58. The summed E-state index contributed by atoms with van der Waals surface area (Å²) in [4.78, 5) is 24.1. The fourth-order valence-electron chi connectivity index (χ4n) is 2.85. The summed E-state index contributed by atoms with van der Waals surface area (Å²) in [7, 11) is 0. The van der Waals surface area contributed by atoms with Crippen LogP contribution in [0.5, 0.6) is 5.75 Å². The van der Waals surface area contributed by atoms with Crippen LogP contribution >= 0.6 is 11.6 Å². The third kappa shape index (κ3) is 9.03. The summed E-state index contributed by atoms with van der Waals surface area (Å²) in [5.41, 5.74) is -0.424. The minimum atomic E-state index is -4.46. The molecule has 2 aromatic carbocycles. The monoisotopic (exact) mass is 502 g/mol. The van der Waals surface area contributed by atoms with E-state index in [2.05, 4.69) is 17.2 Å². The molecule has 0 spiro atoms. The van der Waals surface area contributed by atoms with Gasteiger partial charge in [0.1, 0.15) is 11.6 Å². The van der Waals surface area contributed by atoms with Crippen LogP contribution in [0.3, 0.4) is 0 Å². The minimum absolute atomic E-state index is 0.0331. The van der Waals surface area contributed by atoms with E-state index >= 15 is 0 Å². The number of amides is 2. The number of aliphatic hydroxyl groups excluding tert-OH is 1. The van der Waals surface area contributed by atoms with Crippen molar-refractivity contribution in [2.24, 2.45) is 0 Å². The molecule has 34 heavy (non-hydrogen) atoms. The molecule has 3 N–H and O–H groups in total. The molecule has 184 valence electrons. The number of alkyl halides is 3. The Labute approximate surface area is 198 Å². The van der Waals surface area contributed by atoms with Gasteiger partial charge in [-0.1, -0.05) is 29.8 Å². The normalized spacial score (nSPS) is 13.0. The van der Waals surface area contributed by atoms with Gasteiger partial charge in [-0.25, -0.2) is 4.39 Å². The highest BCUT2D eigenvalue weighted by molar-refractivity contribution is 6.30. The van der Waals surface area contributed by atoms with Crippen molar-refractivity contribution in [2.75, 3.05) is 13.2 Å². The van der Waals surface area contributed by atoms with Gasteiger partial charge in [0, 0.05) is 18.7 Å². The van der Waals surface area contributed by atoms with Gasteiger partial charge >= 0.3 is 6.18 Å². The van der Waals surface area contributed by atoms with Gasteiger partial charge in [0.2, 0.25) is 5.91 Å². The Morgan fingerprint density at radius 3 is 2.41 bits per heavy atom. The predicted molar refractivity (Wildman–Crippen MR) is 118 cm³/mol. The molecule has 0 aliphatic carbocycles. The van der Waals surface area contributed by atoms with Gasteiger partial charge in [-0.3, -0.25) is 9.59 Å². The second kappa shape index (κ2) is 12.4. The van der Waals surface area contributed by atoms with Crippen LogP contribution < -0.4 is 15.4 Å². The van der Waals surface area contributed by atoms with Crippen molar-refractivity contribution in [2.45, 2.75) is 31.2 Å². The molecular weight excluding hydrogens is 480 g/mol. The molecule has 2 amide bonds. The van der Waals surface area contributed by atoms with Crippen molar-refractivity contribution < 1.29 is 37.0 Å². The molecule has 2 unspecified atom stereocenters. The van der Waals surface area contributed by atoms with E-state index in [0.29, 0.717) is 5.56 Å². The molecule has 0 saturated carbocycles. The van der Waals surface area contributed by atoms with Crippen LogP contribution in [0, 0.1) is 5.82 Å². The zero-order valence-electron chi connectivity index (χ0n) is 17.9. The third-order valence-electron chi connectivity index (χ3n) is 4.60. The molecule has 0 aliphatic rings. The maximum absolute atomic E-state index is 13.4. The molecule has 0 radical (unpaired) electrons. The van der Waals surface area contributed by atoms with Crippen LogP contribution in [0.25, 0.3) is 0 Å². The maximum atomic E-state index is 13.4. The van der Waals surface area contributed by atoms with Crippen molar-refractivity contribution in [1.82, 2.24) is 10.6 Å². The summed E-state index contributed by atoms with van der Waals surface area (Å²) in [6, 6.07) is 7.30. The van der Waals surface area contributed by atoms with E-state index in [1.807, 2.05) is 0 Å². The van der Waals surface area contributed by atoms with E-state index in [1.165, 1.54) is 30.3 Å². The molecule has 2 atom stereocenters. The summed E-state index contributed by atoms with van der Waals surface area (Å²) in [6.07, 6.45) is -4.22. The second-order valence-corrected chi connectivity index (χ2v) is 7.75. The molecule has 0 aliphatic heterocycles. The molecule has 0 saturated heterocycles. The Morgan fingerprint density at radius 2 is 1.82 bits per heavy atom. The lowest BCUT2D eigenvalue weighted by Crippen LogP contribution is -2.41. The van der Waals surface area contributed by atoms with Crippen LogP contribution in [-0.4, -0.2) is 42.2 Å². The Hall–Kier alpha value is -3.11. The van der Waals surface area contributed by atoms with Crippen molar-refractivity contribution >= 4 is 23.4 Å². The van der Waals surface area contributed by atoms with Crippen molar-refractivity contribution in [3.05, 3.63) is 77.1 Å². The first-order valence-electron chi connectivity index (χ1n) is 10.1. The molecule has 0 bridgehead atoms. The molecular formula is C23H23ClF4N2O4. The van der Waals surface area contributed by atoms with E-state index in [9.17, 15) is 32.3 Å². The fourth-order valence-corrected chi connectivity index (χ4v) is 2.96. The Bertz CT molecular complexity index is 999. The molecule has 0 fully saturated rings. The fraction of sp³-hybridized carbons (Fsp3) is 0.304. The van der Waals surface area contributed by atoms with E-state index in [0.717, 1.165) is 18.2 Å². The summed E-state index contributed by atoms with van der Waals surface area (Å²) in [5, 5.41) is 15.1. The van der Waals surface area contributed by atoms with Gasteiger partial charge in [0.05, 0.1) is 23.1 Å². The minimum Gasteiger partial charge on any atom is -0.484 e. The lowest BCUT2D eigenvalue weighted by molar-refractivity contribution is -0.137. The number of halogens is 5. The Morgan fingerprint density at radius 1 is 1.15 bits per heavy atom. The quantitative estimate of drug-likeness (QED) is 0.323. The standard InChI is InChI=1S/C23H23ClF4N2O4/c1-2-16(30-22(33)13-34-18-7-8-19(24)20(25)11-18)10-17(31)12-29-21(32)9-14-3-5-15(6-4-14)23(26,27)28/h2-8,11,16-17,31H,1,9-10,12-13H2,(H,29,32)(H,30,33). The van der Waals surface area contributed by atoms with E-state index in [1.54, 1.807) is 0 Å². The highest BCUT2D eigenvalue weighted by Crippen LogP contribution is 2.29. The number of benzene rings is 2. The van der Waals surface area contributed by atoms with Crippen LogP contribution in [0.1, 0.15) is 17.5 Å². The number of aliphatic hydroxyl groups is 1. The lowest BCUT2D eigenvalue weighted by atomic mass is 10.1. The van der Waals surface area contributed by atoms with Crippen molar-refractivity contribution in [1.29, 1.82) is 0 Å².